The quantitative estimate of drug-likeness (QED) is 0.730. The van der Waals surface area contributed by atoms with Crippen LogP contribution in [0.2, 0.25) is 0 Å². The van der Waals surface area contributed by atoms with Crippen LogP contribution in [0.15, 0.2) is 12.7 Å². The van der Waals surface area contributed by atoms with Crippen LogP contribution in [0.5, 0.6) is 0 Å². The molecule has 0 aromatic carbocycles. The lowest BCUT2D eigenvalue weighted by atomic mass is 9.90. The number of nitrogens with zero attached hydrogens (tertiary/aromatic N) is 3. The summed E-state index contributed by atoms with van der Waals surface area (Å²) in [6.45, 7) is 7.89. The number of carbonyl (C=O) groups is 3. The van der Waals surface area contributed by atoms with Crippen LogP contribution in [-0.4, -0.2) is 84.3 Å². The molecule has 0 unspecified atom stereocenters. The zero-order valence-corrected chi connectivity index (χ0v) is 16.4. The highest BCUT2D eigenvalue weighted by Gasteiger charge is 2.46. The Morgan fingerprint density at radius 1 is 0.963 bits per heavy atom. The number of rotatable bonds is 4. The van der Waals surface area contributed by atoms with Gasteiger partial charge in [0.05, 0.1) is 0 Å². The number of hydrogen-bond donors (Lipinski definition) is 1. The molecule has 3 fully saturated rings. The number of hydrogen-bond acceptors (Lipinski definition) is 4. The van der Waals surface area contributed by atoms with E-state index < -0.39 is 5.54 Å². The highest BCUT2D eigenvalue weighted by atomic mass is 16.2. The number of likely N-dealkylation sites (tertiary alicyclic amines) is 1. The second kappa shape index (κ2) is 8.42. The molecule has 1 N–H and O–H groups in total. The van der Waals surface area contributed by atoms with E-state index >= 15 is 0 Å². The lowest BCUT2D eigenvalue weighted by Gasteiger charge is -2.40. The topological polar surface area (TPSA) is 73.0 Å². The van der Waals surface area contributed by atoms with E-state index in [1.54, 1.807) is 4.90 Å². The molecule has 3 amide bonds. The molecule has 2 aliphatic heterocycles. The number of piperidine rings is 1. The van der Waals surface area contributed by atoms with Gasteiger partial charge in [-0.3, -0.25) is 14.4 Å². The molecular weight excluding hydrogens is 344 g/mol. The first kappa shape index (κ1) is 19.9. The Kier molecular flexibility index (Phi) is 6.19. The Balaban J connectivity index is 1.61. The van der Waals surface area contributed by atoms with E-state index in [9.17, 15) is 14.4 Å². The van der Waals surface area contributed by atoms with E-state index in [4.69, 9.17) is 0 Å². The first-order chi connectivity index (χ1) is 12.9. The van der Waals surface area contributed by atoms with E-state index in [0.717, 1.165) is 51.9 Å². The molecule has 3 aliphatic rings. The van der Waals surface area contributed by atoms with Crippen molar-refractivity contribution in [2.75, 3.05) is 46.3 Å². The average molecular weight is 377 g/mol. The molecule has 150 valence electrons. The molecule has 3 rings (SSSR count). The van der Waals surface area contributed by atoms with Gasteiger partial charge in [-0.15, -0.1) is 0 Å². The van der Waals surface area contributed by atoms with Crippen LogP contribution in [-0.2, 0) is 14.4 Å². The van der Waals surface area contributed by atoms with Crippen molar-refractivity contribution in [3.05, 3.63) is 12.7 Å². The van der Waals surface area contributed by atoms with Crippen molar-refractivity contribution in [3.8, 4) is 0 Å². The summed E-state index contributed by atoms with van der Waals surface area (Å²) in [7, 11) is 2.07. The van der Waals surface area contributed by atoms with Crippen molar-refractivity contribution in [3.63, 3.8) is 0 Å². The zero-order chi connectivity index (χ0) is 19.4. The summed E-state index contributed by atoms with van der Waals surface area (Å²) >= 11 is 0. The van der Waals surface area contributed by atoms with Gasteiger partial charge in [0.1, 0.15) is 5.54 Å². The molecule has 2 heterocycles. The Bertz CT molecular complexity index is 584. The molecule has 7 heteroatoms. The molecular formula is C20H32N4O3. The number of nitrogens with one attached hydrogen (secondary N) is 1. The van der Waals surface area contributed by atoms with Crippen molar-refractivity contribution in [1.29, 1.82) is 0 Å². The van der Waals surface area contributed by atoms with Gasteiger partial charge < -0.3 is 20.0 Å². The van der Waals surface area contributed by atoms with Crippen molar-refractivity contribution in [1.82, 2.24) is 20.0 Å². The summed E-state index contributed by atoms with van der Waals surface area (Å²) in [6.07, 6.45) is 6.03. The molecule has 7 nitrogen and oxygen atoms in total. The Morgan fingerprint density at radius 2 is 1.56 bits per heavy atom. The number of carbonyl (C=O) groups excluding carboxylic acids is 3. The SMILES string of the molecule is C=CC(=O)N1CCC(C(=O)NC2(C(=O)N3CCN(C)CC3)CCCC2)CC1. The average Bonchev–Trinajstić information content (AvgIpc) is 3.17. The summed E-state index contributed by atoms with van der Waals surface area (Å²) in [6, 6.07) is 0. The largest absolute Gasteiger partial charge is 0.341 e. The van der Waals surface area contributed by atoms with E-state index in [0.29, 0.717) is 25.9 Å². The number of piperazine rings is 1. The molecule has 0 aromatic rings. The maximum Gasteiger partial charge on any atom is 0.248 e. The van der Waals surface area contributed by atoms with E-state index in [-0.39, 0.29) is 23.6 Å². The fraction of sp³-hybridized carbons (Fsp3) is 0.750. The van der Waals surface area contributed by atoms with Crippen molar-refractivity contribution in [2.45, 2.75) is 44.1 Å². The number of likely N-dealkylation sites (N-methyl/N-ethyl adjacent to an activating group) is 1. The lowest BCUT2D eigenvalue weighted by Crippen LogP contribution is -2.62. The monoisotopic (exact) mass is 376 g/mol. The summed E-state index contributed by atoms with van der Waals surface area (Å²) in [5.74, 6) is -0.131. The molecule has 1 aliphatic carbocycles. The van der Waals surface area contributed by atoms with Gasteiger partial charge in [0.25, 0.3) is 0 Å². The smallest absolute Gasteiger partial charge is 0.248 e. The minimum Gasteiger partial charge on any atom is -0.341 e. The van der Waals surface area contributed by atoms with Gasteiger partial charge in [0, 0.05) is 45.2 Å². The van der Waals surface area contributed by atoms with Gasteiger partial charge in [-0.25, -0.2) is 0 Å². The first-order valence-electron chi connectivity index (χ1n) is 10.2. The molecule has 0 radical (unpaired) electrons. The summed E-state index contributed by atoms with van der Waals surface area (Å²) in [5, 5.41) is 3.16. The number of amides is 3. The van der Waals surface area contributed by atoms with Crippen molar-refractivity contribution >= 4 is 17.7 Å². The van der Waals surface area contributed by atoms with E-state index in [2.05, 4.69) is 23.8 Å². The normalized spacial score (nSPS) is 23.9. The van der Waals surface area contributed by atoms with Crippen molar-refractivity contribution in [2.24, 2.45) is 5.92 Å². The van der Waals surface area contributed by atoms with Gasteiger partial charge in [-0.2, -0.15) is 0 Å². The second-order valence-corrected chi connectivity index (χ2v) is 8.18. The third-order valence-electron chi connectivity index (χ3n) is 6.37. The molecule has 27 heavy (non-hydrogen) atoms. The highest BCUT2D eigenvalue weighted by Crippen LogP contribution is 2.33. The Morgan fingerprint density at radius 3 is 2.11 bits per heavy atom. The van der Waals surface area contributed by atoms with Crippen LogP contribution < -0.4 is 5.32 Å². The summed E-state index contributed by atoms with van der Waals surface area (Å²) in [5.41, 5.74) is -0.721. The second-order valence-electron chi connectivity index (χ2n) is 8.18. The Labute approximate surface area is 161 Å². The predicted octanol–water partition coefficient (Wildman–Crippen LogP) is 0.614. The van der Waals surface area contributed by atoms with Gasteiger partial charge in [0.2, 0.25) is 17.7 Å². The van der Waals surface area contributed by atoms with Crippen LogP contribution in [0.1, 0.15) is 38.5 Å². The third-order valence-corrected chi connectivity index (χ3v) is 6.37. The van der Waals surface area contributed by atoms with Crippen LogP contribution >= 0.6 is 0 Å². The van der Waals surface area contributed by atoms with Crippen LogP contribution in [0.4, 0.5) is 0 Å². The zero-order valence-electron chi connectivity index (χ0n) is 16.4. The first-order valence-corrected chi connectivity index (χ1v) is 10.2. The fourth-order valence-electron chi connectivity index (χ4n) is 4.51. The molecule has 0 bridgehead atoms. The van der Waals surface area contributed by atoms with Crippen molar-refractivity contribution < 1.29 is 14.4 Å². The van der Waals surface area contributed by atoms with Crippen LogP contribution in [0.25, 0.3) is 0 Å². The van der Waals surface area contributed by atoms with E-state index in [1.165, 1.54) is 6.08 Å². The van der Waals surface area contributed by atoms with Gasteiger partial charge >= 0.3 is 0 Å². The van der Waals surface area contributed by atoms with Crippen LogP contribution in [0, 0.1) is 5.92 Å². The van der Waals surface area contributed by atoms with Crippen LogP contribution in [0.3, 0.4) is 0 Å². The molecule has 0 atom stereocenters. The molecule has 0 spiro atoms. The predicted molar refractivity (Wildman–Crippen MR) is 103 cm³/mol. The van der Waals surface area contributed by atoms with Gasteiger partial charge in [0.15, 0.2) is 0 Å². The van der Waals surface area contributed by atoms with Gasteiger partial charge in [-0.1, -0.05) is 19.4 Å². The highest BCUT2D eigenvalue weighted by molar-refractivity contribution is 5.93. The Hall–Kier alpha value is -1.89. The maximum absolute atomic E-state index is 13.3. The minimum atomic E-state index is -0.721. The summed E-state index contributed by atoms with van der Waals surface area (Å²) < 4.78 is 0. The van der Waals surface area contributed by atoms with Gasteiger partial charge in [-0.05, 0) is 38.8 Å². The fourth-order valence-corrected chi connectivity index (χ4v) is 4.51. The molecule has 2 saturated heterocycles. The molecule has 1 saturated carbocycles. The molecule has 0 aromatic heterocycles. The van der Waals surface area contributed by atoms with E-state index in [1.807, 2.05) is 4.90 Å². The maximum atomic E-state index is 13.3. The standard InChI is InChI=1S/C20H32N4O3/c1-3-17(25)23-10-6-16(7-11-23)18(26)21-20(8-4-5-9-20)19(27)24-14-12-22(2)13-15-24/h3,16H,1,4-15H2,2H3,(H,21,26). The summed E-state index contributed by atoms with van der Waals surface area (Å²) in [4.78, 5) is 43.8. The minimum absolute atomic E-state index is 0.0231. The lowest BCUT2D eigenvalue weighted by molar-refractivity contribution is -0.144. The third kappa shape index (κ3) is 4.34.